The first-order chi connectivity index (χ1) is 12.7. The largest absolute Gasteiger partial charge is 0.378 e. The van der Waals surface area contributed by atoms with Crippen LogP contribution in [0.25, 0.3) is 16.5 Å². The number of allylic oxidation sites excluding steroid dienone is 4. The minimum atomic E-state index is 0.0948. The number of carbonyl (C=O) groups excluding carboxylic acids is 1. The Morgan fingerprint density at radius 2 is 1.81 bits per heavy atom. The van der Waals surface area contributed by atoms with Crippen molar-refractivity contribution in [2.75, 3.05) is 19.0 Å². The maximum atomic E-state index is 11.6. The van der Waals surface area contributed by atoms with Crippen LogP contribution in [-0.2, 0) is 4.79 Å². The van der Waals surface area contributed by atoms with Crippen LogP contribution in [0.3, 0.4) is 0 Å². The summed E-state index contributed by atoms with van der Waals surface area (Å²) in [4.78, 5) is 17.0. The van der Waals surface area contributed by atoms with Crippen LogP contribution in [0.1, 0.15) is 23.5 Å². The van der Waals surface area contributed by atoms with E-state index in [-0.39, 0.29) is 5.92 Å². The van der Waals surface area contributed by atoms with Crippen LogP contribution in [0, 0.1) is 0 Å². The van der Waals surface area contributed by atoms with E-state index in [4.69, 9.17) is 0 Å². The van der Waals surface area contributed by atoms with Gasteiger partial charge in [-0.05, 0) is 41.3 Å². The molecule has 3 aromatic rings. The molecule has 2 aromatic carbocycles. The second-order valence-corrected chi connectivity index (χ2v) is 6.97. The summed E-state index contributed by atoms with van der Waals surface area (Å²) >= 11 is 0. The Morgan fingerprint density at radius 1 is 1.04 bits per heavy atom. The van der Waals surface area contributed by atoms with Crippen LogP contribution in [0.4, 0.5) is 5.69 Å². The number of aldehydes is 1. The molecule has 4 rings (SSSR count). The van der Waals surface area contributed by atoms with Crippen molar-refractivity contribution in [2.24, 2.45) is 0 Å². The molecule has 0 radical (unpaired) electrons. The van der Waals surface area contributed by atoms with E-state index < -0.39 is 0 Å². The summed E-state index contributed by atoms with van der Waals surface area (Å²) < 4.78 is 0. The highest BCUT2D eigenvalue weighted by atomic mass is 16.1. The van der Waals surface area contributed by atoms with E-state index >= 15 is 0 Å². The van der Waals surface area contributed by atoms with Gasteiger partial charge in [-0.1, -0.05) is 42.5 Å². The van der Waals surface area contributed by atoms with Gasteiger partial charge in [0.25, 0.3) is 0 Å². The number of aromatic nitrogens is 1. The molecular formula is C23H22N2O. The number of nitrogens with zero attached hydrogens (tertiary/aromatic N) is 1. The SMILES string of the molecule is CN(C)c1ccc(C2CC(c3c[nH]c4ccccc34)=CC=C2C=O)cc1. The zero-order valence-electron chi connectivity index (χ0n) is 15.1. The maximum absolute atomic E-state index is 11.6. The summed E-state index contributed by atoms with van der Waals surface area (Å²) in [5.74, 6) is 0.0948. The predicted octanol–water partition coefficient (Wildman–Crippen LogP) is 4.93. The molecule has 0 bridgehead atoms. The first-order valence-corrected chi connectivity index (χ1v) is 8.87. The number of benzene rings is 2. The molecule has 1 N–H and O–H groups in total. The molecule has 0 amide bonds. The molecule has 1 aromatic heterocycles. The summed E-state index contributed by atoms with van der Waals surface area (Å²) in [5, 5.41) is 1.23. The molecule has 0 fully saturated rings. The molecule has 1 aliphatic carbocycles. The van der Waals surface area contributed by atoms with Crippen LogP contribution in [-0.4, -0.2) is 25.4 Å². The third-order valence-electron chi connectivity index (χ3n) is 5.19. The van der Waals surface area contributed by atoms with Crippen molar-refractivity contribution in [3.05, 3.63) is 83.6 Å². The van der Waals surface area contributed by atoms with E-state index in [1.807, 2.05) is 26.2 Å². The minimum Gasteiger partial charge on any atom is -0.378 e. The van der Waals surface area contributed by atoms with Gasteiger partial charge in [0.15, 0.2) is 0 Å². The van der Waals surface area contributed by atoms with E-state index in [2.05, 4.69) is 64.6 Å². The van der Waals surface area contributed by atoms with Crippen LogP contribution < -0.4 is 4.90 Å². The third-order valence-corrected chi connectivity index (χ3v) is 5.19. The van der Waals surface area contributed by atoms with Gasteiger partial charge in [-0.25, -0.2) is 0 Å². The van der Waals surface area contributed by atoms with Crippen molar-refractivity contribution < 1.29 is 4.79 Å². The average molecular weight is 342 g/mol. The Kier molecular flexibility index (Phi) is 4.21. The van der Waals surface area contributed by atoms with Crippen molar-refractivity contribution in [3.8, 4) is 0 Å². The second-order valence-electron chi connectivity index (χ2n) is 6.97. The third kappa shape index (κ3) is 2.86. The highest BCUT2D eigenvalue weighted by Gasteiger charge is 2.23. The molecule has 3 nitrogen and oxygen atoms in total. The van der Waals surface area contributed by atoms with Gasteiger partial charge >= 0.3 is 0 Å². The van der Waals surface area contributed by atoms with E-state index in [1.165, 1.54) is 22.1 Å². The molecule has 0 spiro atoms. The van der Waals surface area contributed by atoms with Gasteiger partial charge in [0.2, 0.25) is 0 Å². The minimum absolute atomic E-state index is 0.0948. The molecule has 0 saturated heterocycles. The first kappa shape index (κ1) is 16.4. The van der Waals surface area contributed by atoms with Gasteiger partial charge in [-0.3, -0.25) is 4.79 Å². The van der Waals surface area contributed by atoms with Gasteiger partial charge < -0.3 is 9.88 Å². The second kappa shape index (κ2) is 6.68. The zero-order valence-corrected chi connectivity index (χ0v) is 15.1. The van der Waals surface area contributed by atoms with Crippen molar-refractivity contribution in [1.29, 1.82) is 0 Å². The summed E-state index contributed by atoms with van der Waals surface area (Å²) in [7, 11) is 4.06. The summed E-state index contributed by atoms with van der Waals surface area (Å²) in [6.07, 6.45) is 7.95. The highest BCUT2D eigenvalue weighted by molar-refractivity contribution is 5.94. The summed E-state index contributed by atoms with van der Waals surface area (Å²) in [5.41, 5.74) is 6.80. The van der Waals surface area contributed by atoms with Gasteiger partial charge in [0.1, 0.15) is 6.29 Å². The molecule has 1 aliphatic rings. The molecule has 1 unspecified atom stereocenters. The Hall–Kier alpha value is -3.07. The molecule has 26 heavy (non-hydrogen) atoms. The monoisotopic (exact) mass is 342 g/mol. The lowest BCUT2D eigenvalue weighted by Gasteiger charge is -2.23. The van der Waals surface area contributed by atoms with Gasteiger partial charge in [-0.2, -0.15) is 0 Å². The smallest absolute Gasteiger partial charge is 0.146 e. The van der Waals surface area contributed by atoms with Crippen molar-refractivity contribution in [2.45, 2.75) is 12.3 Å². The number of rotatable bonds is 4. The van der Waals surface area contributed by atoms with Gasteiger partial charge in [-0.15, -0.1) is 0 Å². The summed E-state index contributed by atoms with van der Waals surface area (Å²) in [6.45, 7) is 0. The predicted molar refractivity (Wildman–Crippen MR) is 109 cm³/mol. The molecule has 130 valence electrons. The van der Waals surface area contributed by atoms with Crippen LogP contribution in [0.15, 0.2) is 72.5 Å². The van der Waals surface area contributed by atoms with E-state index in [1.54, 1.807) is 0 Å². The van der Waals surface area contributed by atoms with Crippen LogP contribution in [0.2, 0.25) is 0 Å². The number of para-hydroxylation sites is 1. The number of aromatic amines is 1. The first-order valence-electron chi connectivity index (χ1n) is 8.87. The van der Waals surface area contributed by atoms with Gasteiger partial charge in [0, 0.05) is 48.4 Å². The molecule has 0 saturated carbocycles. The van der Waals surface area contributed by atoms with Gasteiger partial charge in [0.05, 0.1) is 0 Å². The van der Waals surface area contributed by atoms with Crippen LogP contribution in [0.5, 0.6) is 0 Å². The molecule has 1 atom stereocenters. The number of nitrogens with one attached hydrogen (secondary N) is 1. The number of hydrogen-bond acceptors (Lipinski definition) is 2. The summed E-state index contributed by atoms with van der Waals surface area (Å²) in [6, 6.07) is 16.8. The molecule has 0 aliphatic heterocycles. The number of hydrogen-bond donors (Lipinski definition) is 1. The van der Waals surface area contributed by atoms with E-state index in [9.17, 15) is 4.79 Å². The van der Waals surface area contributed by atoms with Crippen molar-refractivity contribution >= 4 is 28.4 Å². The Labute approximate surface area is 153 Å². The van der Waals surface area contributed by atoms with Crippen LogP contribution >= 0.6 is 0 Å². The maximum Gasteiger partial charge on any atom is 0.146 e. The quantitative estimate of drug-likeness (QED) is 0.683. The lowest BCUT2D eigenvalue weighted by Crippen LogP contribution is -2.11. The topological polar surface area (TPSA) is 36.1 Å². The standard InChI is InChI=1S/C23H22N2O/c1-25(2)19-11-9-16(10-12-19)21-13-17(7-8-18(21)15-26)22-14-24-23-6-4-3-5-20(22)23/h3-12,14-15,21,24H,13H2,1-2H3. The Bertz CT molecular complexity index is 1010. The number of H-pyrrole nitrogens is 1. The number of fused-ring (bicyclic) bond motifs is 1. The lowest BCUT2D eigenvalue weighted by molar-refractivity contribution is -0.105. The zero-order chi connectivity index (χ0) is 18.1. The lowest BCUT2D eigenvalue weighted by atomic mass is 9.80. The number of carbonyl (C=O) groups is 1. The van der Waals surface area contributed by atoms with Crippen molar-refractivity contribution in [1.82, 2.24) is 4.98 Å². The fourth-order valence-electron chi connectivity index (χ4n) is 3.69. The Balaban J connectivity index is 1.71. The Morgan fingerprint density at radius 3 is 2.54 bits per heavy atom. The molecular weight excluding hydrogens is 320 g/mol. The molecule has 3 heteroatoms. The number of anilines is 1. The average Bonchev–Trinajstić information content (AvgIpc) is 3.11. The fourth-order valence-corrected chi connectivity index (χ4v) is 3.69. The fraction of sp³-hybridized carbons (Fsp3) is 0.174. The molecule has 1 heterocycles. The normalized spacial score (nSPS) is 16.9. The van der Waals surface area contributed by atoms with Crippen molar-refractivity contribution in [3.63, 3.8) is 0 Å². The van der Waals surface area contributed by atoms with E-state index in [0.29, 0.717) is 0 Å². The van der Waals surface area contributed by atoms with E-state index in [0.717, 1.165) is 29.5 Å². The highest BCUT2D eigenvalue weighted by Crippen LogP contribution is 2.39.